The number of esters is 1. The summed E-state index contributed by atoms with van der Waals surface area (Å²) in [6.07, 6.45) is -10.3. The van der Waals surface area contributed by atoms with E-state index in [0.717, 1.165) is 13.0 Å². The fourth-order valence-electron chi connectivity index (χ4n) is 1.47. The highest BCUT2D eigenvalue weighted by Gasteiger charge is 2.67. The Morgan fingerprint density at radius 1 is 1.21 bits per heavy atom. The van der Waals surface area contributed by atoms with Crippen molar-refractivity contribution >= 4 is 5.97 Å². The molecule has 1 atom stereocenters. The van der Waals surface area contributed by atoms with Crippen molar-refractivity contribution < 1.29 is 45.0 Å². The number of halogens is 7. The lowest BCUT2D eigenvalue weighted by Gasteiger charge is -2.33. The molecule has 0 saturated carbocycles. The van der Waals surface area contributed by atoms with Crippen molar-refractivity contribution in [3.8, 4) is 0 Å². The van der Waals surface area contributed by atoms with E-state index in [1.807, 2.05) is 0 Å². The average Bonchev–Trinajstić information content (AvgIpc) is 2.43. The Labute approximate surface area is 131 Å². The molecular weight excluding hydrogens is 349 g/mol. The number of hydrogen-bond acceptors (Lipinski definition) is 3. The van der Waals surface area contributed by atoms with E-state index in [1.165, 1.54) is 0 Å². The minimum absolute atomic E-state index is 0.607. The van der Waals surface area contributed by atoms with Crippen LogP contribution in [0, 0.1) is 11.6 Å². The molecular formula is C14H11F7O3. The molecule has 10 heteroatoms. The maximum absolute atomic E-state index is 13.4. The molecule has 1 rings (SSSR count). The summed E-state index contributed by atoms with van der Waals surface area (Å²) in [4.78, 5) is 11.3. The van der Waals surface area contributed by atoms with Crippen LogP contribution in [0.5, 0.6) is 0 Å². The molecule has 24 heavy (non-hydrogen) atoms. The highest BCUT2D eigenvalue weighted by Crippen LogP contribution is 2.41. The molecule has 0 amide bonds. The van der Waals surface area contributed by atoms with Crippen LogP contribution in [0.3, 0.4) is 0 Å². The van der Waals surface area contributed by atoms with Gasteiger partial charge in [0.05, 0.1) is 6.61 Å². The highest BCUT2D eigenvalue weighted by molar-refractivity contribution is 5.87. The Morgan fingerprint density at radius 3 is 2.08 bits per heavy atom. The summed E-state index contributed by atoms with van der Waals surface area (Å²) in [6.45, 7) is 2.34. The minimum Gasteiger partial charge on any atom is -0.415 e. The van der Waals surface area contributed by atoms with Crippen LogP contribution in [-0.2, 0) is 20.9 Å². The van der Waals surface area contributed by atoms with Crippen molar-refractivity contribution in [2.24, 2.45) is 0 Å². The van der Waals surface area contributed by atoms with Crippen molar-refractivity contribution in [2.45, 2.75) is 31.9 Å². The van der Waals surface area contributed by atoms with Gasteiger partial charge in [0.25, 0.3) is 0 Å². The minimum atomic E-state index is -5.88. The Balaban J connectivity index is 3.23. The lowest BCUT2D eigenvalue weighted by atomic mass is 10.2. The van der Waals surface area contributed by atoms with Gasteiger partial charge in [-0.3, -0.25) is 0 Å². The van der Waals surface area contributed by atoms with Crippen molar-refractivity contribution in [3.05, 3.63) is 47.5 Å². The molecule has 0 aliphatic carbocycles. The van der Waals surface area contributed by atoms with Crippen LogP contribution in [0.2, 0.25) is 0 Å². The molecule has 0 N–H and O–H groups in total. The summed E-state index contributed by atoms with van der Waals surface area (Å²) in [6, 6.07) is 2.30. The summed E-state index contributed by atoms with van der Waals surface area (Å²) >= 11 is 0. The first-order valence-electron chi connectivity index (χ1n) is 6.23. The molecule has 0 saturated heterocycles. The molecule has 3 nitrogen and oxygen atoms in total. The molecule has 0 radical (unpaired) electrons. The van der Waals surface area contributed by atoms with Crippen molar-refractivity contribution in [1.82, 2.24) is 0 Å². The van der Waals surface area contributed by atoms with E-state index < -0.39 is 53.7 Å². The van der Waals surface area contributed by atoms with Gasteiger partial charge in [0.15, 0.2) is 0 Å². The van der Waals surface area contributed by atoms with Crippen LogP contribution in [0.15, 0.2) is 30.4 Å². The van der Waals surface area contributed by atoms with Gasteiger partial charge in [-0.25, -0.2) is 22.4 Å². The number of ether oxygens (including phenoxy) is 2. The third kappa shape index (κ3) is 4.05. The number of rotatable bonds is 6. The molecule has 0 aliphatic rings. The molecule has 1 aromatic carbocycles. The fourth-order valence-corrected chi connectivity index (χ4v) is 1.47. The standard InChI is InChI=1S/C14H11F7O3/c1-7(2)11(22)24-13(12(17)18,14(19,20)21)23-6-8-9(15)4-3-5-10(8)16/h3-5,12H,1,6H2,2H3. The summed E-state index contributed by atoms with van der Waals surface area (Å²) in [5.41, 5.74) is -1.64. The summed E-state index contributed by atoms with van der Waals surface area (Å²) in [5.74, 6) is -9.13. The van der Waals surface area contributed by atoms with Crippen LogP contribution in [0.25, 0.3) is 0 Å². The van der Waals surface area contributed by atoms with E-state index >= 15 is 0 Å². The van der Waals surface area contributed by atoms with E-state index in [4.69, 9.17) is 0 Å². The molecule has 1 aromatic rings. The third-order valence-electron chi connectivity index (χ3n) is 2.77. The summed E-state index contributed by atoms with van der Waals surface area (Å²) < 4.78 is 99.8. The zero-order chi connectivity index (χ0) is 18.7. The van der Waals surface area contributed by atoms with Gasteiger partial charge >= 0.3 is 24.4 Å². The predicted octanol–water partition coefficient (Wildman–Crippen LogP) is 4.12. The average molecular weight is 360 g/mol. The molecule has 1 unspecified atom stereocenters. The number of benzene rings is 1. The van der Waals surface area contributed by atoms with Gasteiger partial charge < -0.3 is 9.47 Å². The highest BCUT2D eigenvalue weighted by atomic mass is 19.4. The maximum Gasteiger partial charge on any atom is 0.462 e. The van der Waals surface area contributed by atoms with E-state index in [-0.39, 0.29) is 0 Å². The number of hydrogen-bond donors (Lipinski definition) is 0. The number of alkyl halides is 5. The first kappa shape index (κ1) is 19.9. The smallest absolute Gasteiger partial charge is 0.415 e. The first-order chi connectivity index (χ1) is 10.9. The van der Waals surface area contributed by atoms with Gasteiger partial charge in [-0.15, -0.1) is 0 Å². The van der Waals surface area contributed by atoms with E-state index in [0.29, 0.717) is 12.1 Å². The Bertz CT molecular complexity index is 607. The van der Waals surface area contributed by atoms with Gasteiger partial charge in [0, 0.05) is 11.1 Å². The molecule has 0 aliphatic heterocycles. The van der Waals surface area contributed by atoms with Crippen molar-refractivity contribution in [1.29, 1.82) is 0 Å². The second-order valence-corrected chi connectivity index (χ2v) is 4.62. The molecule has 0 spiro atoms. The Kier molecular flexibility index (Phi) is 5.99. The maximum atomic E-state index is 13.4. The quantitative estimate of drug-likeness (QED) is 0.331. The molecule has 0 aromatic heterocycles. The summed E-state index contributed by atoms with van der Waals surface area (Å²) in [5, 5.41) is 0. The Morgan fingerprint density at radius 2 is 1.71 bits per heavy atom. The normalized spacial score (nSPS) is 14.4. The van der Waals surface area contributed by atoms with Crippen LogP contribution < -0.4 is 0 Å². The molecule has 0 heterocycles. The Hall–Kier alpha value is -2.10. The van der Waals surface area contributed by atoms with Gasteiger partial charge in [-0.2, -0.15) is 13.2 Å². The van der Waals surface area contributed by atoms with Gasteiger partial charge in [-0.1, -0.05) is 12.6 Å². The van der Waals surface area contributed by atoms with E-state index in [1.54, 1.807) is 0 Å². The lowest BCUT2D eigenvalue weighted by molar-refractivity contribution is -0.403. The van der Waals surface area contributed by atoms with Crippen LogP contribution in [0.4, 0.5) is 30.7 Å². The fraction of sp³-hybridized carbons (Fsp3) is 0.357. The second kappa shape index (κ2) is 7.20. The van der Waals surface area contributed by atoms with Crippen molar-refractivity contribution in [3.63, 3.8) is 0 Å². The topological polar surface area (TPSA) is 35.5 Å². The monoisotopic (exact) mass is 360 g/mol. The number of carbonyl (C=O) groups excluding carboxylic acids is 1. The van der Waals surface area contributed by atoms with Gasteiger partial charge in [-0.05, 0) is 19.1 Å². The second-order valence-electron chi connectivity index (χ2n) is 4.62. The molecule has 0 bridgehead atoms. The molecule has 134 valence electrons. The first-order valence-corrected chi connectivity index (χ1v) is 6.23. The van der Waals surface area contributed by atoms with Crippen LogP contribution in [0.1, 0.15) is 12.5 Å². The largest absolute Gasteiger partial charge is 0.462 e. The molecule has 0 fully saturated rings. The van der Waals surface area contributed by atoms with Crippen molar-refractivity contribution in [2.75, 3.05) is 0 Å². The SMILES string of the molecule is C=C(C)C(=O)OC(OCc1c(F)cccc1F)(C(F)F)C(F)(F)F. The summed E-state index contributed by atoms with van der Waals surface area (Å²) in [7, 11) is 0. The van der Waals surface area contributed by atoms with E-state index in [9.17, 15) is 35.5 Å². The van der Waals surface area contributed by atoms with Gasteiger partial charge in [0.1, 0.15) is 11.6 Å². The predicted molar refractivity (Wildman–Crippen MR) is 66.8 cm³/mol. The van der Waals surface area contributed by atoms with Crippen LogP contribution >= 0.6 is 0 Å². The van der Waals surface area contributed by atoms with Crippen LogP contribution in [-0.4, -0.2) is 24.4 Å². The zero-order valence-corrected chi connectivity index (χ0v) is 12.1. The zero-order valence-electron chi connectivity index (χ0n) is 12.1. The van der Waals surface area contributed by atoms with Gasteiger partial charge in [0.2, 0.25) is 0 Å². The lowest BCUT2D eigenvalue weighted by Crippen LogP contribution is -2.56. The van der Waals surface area contributed by atoms with E-state index in [2.05, 4.69) is 16.1 Å². The third-order valence-corrected chi connectivity index (χ3v) is 2.77. The number of carbonyl (C=O) groups is 1.